The molecule has 1 nitrogen and oxygen atoms in total. The van der Waals surface area contributed by atoms with Gasteiger partial charge in [0.2, 0.25) is 0 Å². The second kappa shape index (κ2) is 5.78. The van der Waals surface area contributed by atoms with Crippen LogP contribution in [-0.4, -0.2) is 0 Å². The molecule has 0 aliphatic heterocycles. The molecule has 0 aromatic heterocycles. The van der Waals surface area contributed by atoms with Crippen molar-refractivity contribution < 1.29 is 4.39 Å². The molecule has 0 radical (unpaired) electrons. The van der Waals surface area contributed by atoms with Gasteiger partial charge >= 0.3 is 0 Å². The lowest BCUT2D eigenvalue weighted by molar-refractivity contribution is 0.610. The molecular weight excluding hydrogens is 225 g/mol. The van der Waals surface area contributed by atoms with E-state index in [1.54, 1.807) is 13.0 Å². The van der Waals surface area contributed by atoms with Crippen LogP contribution in [0.1, 0.15) is 29.2 Å². The number of aryl methyl sites for hydroxylation is 2. The SMILES string of the molecule is Cc1ccc(CCC(N)c2ccccc2)cc1F. The van der Waals surface area contributed by atoms with Crippen molar-refractivity contribution in [1.29, 1.82) is 0 Å². The van der Waals surface area contributed by atoms with E-state index < -0.39 is 0 Å². The van der Waals surface area contributed by atoms with Crippen LogP contribution >= 0.6 is 0 Å². The van der Waals surface area contributed by atoms with E-state index >= 15 is 0 Å². The first-order chi connectivity index (χ1) is 8.66. The monoisotopic (exact) mass is 243 g/mol. The van der Waals surface area contributed by atoms with Gasteiger partial charge in [-0.3, -0.25) is 0 Å². The van der Waals surface area contributed by atoms with Gasteiger partial charge in [-0.1, -0.05) is 42.5 Å². The fourth-order valence-electron chi connectivity index (χ4n) is 1.98. The Morgan fingerprint density at radius 3 is 2.50 bits per heavy atom. The molecule has 0 spiro atoms. The normalized spacial score (nSPS) is 12.4. The smallest absolute Gasteiger partial charge is 0.126 e. The summed E-state index contributed by atoms with van der Waals surface area (Å²) in [7, 11) is 0. The van der Waals surface area contributed by atoms with Crippen LogP contribution in [-0.2, 0) is 6.42 Å². The molecule has 94 valence electrons. The van der Waals surface area contributed by atoms with Crippen molar-refractivity contribution in [2.45, 2.75) is 25.8 Å². The van der Waals surface area contributed by atoms with Gasteiger partial charge in [0.05, 0.1) is 0 Å². The first kappa shape index (κ1) is 12.8. The van der Waals surface area contributed by atoms with Crippen molar-refractivity contribution in [3.63, 3.8) is 0 Å². The molecule has 18 heavy (non-hydrogen) atoms. The van der Waals surface area contributed by atoms with Crippen LogP contribution in [0.3, 0.4) is 0 Å². The summed E-state index contributed by atoms with van der Waals surface area (Å²) in [6, 6.07) is 15.4. The number of hydrogen-bond acceptors (Lipinski definition) is 1. The molecule has 0 saturated carbocycles. The van der Waals surface area contributed by atoms with Crippen LogP contribution in [0.4, 0.5) is 4.39 Å². The van der Waals surface area contributed by atoms with E-state index in [9.17, 15) is 4.39 Å². The minimum absolute atomic E-state index is 0.00978. The Balaban J connectivity index is 1.97. The van der Waals surface area contributed by atoms with Gasteiger partial charge in [-0.2, -0.15) is 0 Å². The molecule has 0 aliphatic rings. The largest absolute Gasteiger partial charge is 0.324 e. The van der Waals surface area contributed by atoms with E-state index in [-0.39, 0.29) is 11.9 Å². The van der Waals surface area contributed by atoms with Crippen molar-refractivity contribution in [3.05, 3.63) is 71.0 Å². The predicted molar refractivity (Wildman–Crippen MR) is 72.8 cm³/mol. The summed E-state index contributed by atoms with van der Waals surface area (Å²) in [5.41, 5.74) is 8.94. The molecule has 0 amide bonds. The molecule has 0 fully saturated rings. The topological polar surface area (TPSA) is 26.0 Å². The molecule has 2 rings (SSSR count). The first-order valence-corrected chi connectivity index (χ1v) is 6.22. The van der Waals surface area contributed by atoms with Gasteiger partial charge in [0.25, 0.3) is 0 Å². The van der Waals surface area contributed by atoms with Crippen LogP contribution in [0.2, 0.25) is 0 Å². The van der Waals surface area contributed by atoms with Gasteiger partial charge in [0.15, 0.2) is 0 Å². The minimum atomic E-state index is -0.138. The van der Waals surface area contributed by atoms with Crippen LogP contribution < -0.4 is 5.73 Å². The highest BCUT2D eigenvalue weighted by Crippen LogP contribution is 2.17. The van der Waals surface area contributed by atoms with Crippen LogP contribution in [0.15, 0.2) is 48.5 Å². The van der Waals surface area contributed by atoms with Gasteiger partial charge in [-0.15, -0.1) is 0 Å². The number of hydrogen-bond donors (Lipinski definition) is 1. The molecule has 2 aromatic carbocycles. The molecule has 2 aromatic rings. The Hall–Kier alpha value is -1.67. The van der Waals surface area contributed by atoms with E-state index in [0.717, 1.165) is 24.0 Å². The predicted octanol–water partition coefficient (Wildman–Crippen LogP) is 3.77. The van der Waals surface area contributed by atoms with Crippen molar-refractivity contribution in [2.75, 3.05) is 0 Å². The second-order valence-corrected chi connectivity index (χ2v) is 4.64. The quantitative estimate of drug-likeness (QED) is 0.869. The van der Waals surface area contributed by atoms with E-state index in [1.807, 2.05) is 42.5 Å². The lowest BCUT2D eigenvalue weighted by atomic mass is 9.99. The summed E-state index contributed by atoms with van der Waals surface area (Å²) >= 11 is 0. The average molecular weight is 243 g/mol. The van der Waals surface area contributed by atoms with Crippen LogP contribution in [0, 0.1) is 12.7 Å². The number of benzene rings is 2. The highest BCUT2D eigenvalue weighted by Gasteiger charge is 2.06. The minimum Gasteiger partial charge on any atom is -0.324 e. The highest BCUT2D eigenvalue weighted by molar-refractivity contribution is 5.24. The van der Waals surface area contributed by atoms with Gasteiger partial charge in [0.1, 0.15) is 5.82 Å². The zero-order valence-corrected chi connectivity index (χ0v) is 10.6. The zero-order chi connectivity index (χ0) is 13.0. The second-order valence-electron chi connectivity index (χ2n) is 4.64. The lowest BCUT2D eigenvalue weighted by Gasteiger charge is -2.12. The maximum atomic E-state index is 13.4. The molecule has 0 bridgehead atoms. The van der Waals surface area contributed by atoms with Gasteiger partial charge < -0.3 is 5.73 Å². The van der Waals surface area contributed by atoms with Gasteiger partial charge in [-0.05, 0) is 42.5 Å². The highest BCUT2D eigenvalue weighted by atomic mass is 19.1. The third-order valence-electron chi connectivity index (χ3n) is 3.21. The van der Waals surface area contributed by atoms with Gasteiger partial charge in [0, 0.05) is 6.04 Å². The molecule has 0 saturated heterocycles. The Morgan fingerprint density at radius 2 is 1.83 bits per heavy atom. The van der Waals surface area contributed by atoms with E-state index in [4.69, 9.17) is 5.73 Å². The summed E-state index contributed by atoms with van der Waals surface area (Å²) in [6.07, 6.45) is 1.62. The summed E-state index contributed by atoms with van der Waals surface area (Å²) in [6.45, 7) is 1.77. The molecule has 2 N–H and O–H groups in total. The van der Waals surface area contributed by atoms with Crippen molar-refractivity contribution in [3.8, 4) is 0 Å². The first-order valence-electron chi connectivity index (χ1n) is 6.22. The molecule has 0 heterocycles. The lowest BCUT2D eigenvalue weighted by Crippen LogP contribution is -2.11. The molecule has 2 heteroatoms. The van der Waals surface area contributed by atoms with Crippen molar-refractivity contribution >= 4 is 0 Å². The van der Waals surface area contributed by atoms with Crippen molar-refractivity contribution in [1.82, 2.24) is 0 Å². The zero-order valence-electron chi connectivity index (χ0n) is 10.6. The van der Waals surface area contributed by atoms with E-state index in [1.165, 1.54) is 0 Å². The van der Waals surface area contributed by atoms with Gasteiger partial charge in [-0.25, -0.2) is 4.39 Å². The third kappa shape index (κ3) is 3.17. The fraction of sp³-hybridized carbons (Fsp3) is 0.250. The molecule has 1 atom stereocenters. The fourth-order valence-corrected chi connectivity index (χ4v) is 1.98. The summed E-state index contributed by atoms with van der Waals surface area (Å²) in [4.78, 5) is 0. The van der Waals surface area contributed by atoms with E-state index in [0.29, 0.717) is 5.56 Å². The standard InChI is InChI=1S/C16H18FN/c1-12-7-8-13(11-15(12)17)9-10-16(18)14-5-3-2-4-6-14/h2-8,11,16H,9-10,18H2,1H3. The van der Waals surface area contributed by atoms with Crippen molar-refractivity contribution in [2.24, 2.45) is 5.73 Å². The summed E-state index contributed by atoms with van der Waals surface area (Å²) in [5.74, 6) is -0.138. The van der Waals surface area contributed by atoms with E-state index in [2.05, 4.69) is 0 Å². The Bertz CT molecular complexity index is 508. The maximum absolute atomic E-state index is 13.4. The molecule has 0 aliphatic carbocycles. The Morgan fingerprint density at radius 1 is 1.11 bits per heavy atom. The summed E-state index contributed by atoms with van der Waals surface area (Å²) < 4.78 is 13.4. The average Bonchev–Trinajstić information content (AvgIpc) is 2.41. The summed E-state index contributed by atoms with van der Waals surface area (Å²) in [5, 5.41) is 0. The van der Waals surface area contributed by atoms with Crippen LogP contribution in [0.5, 0.6) is 0 Å². The number of halogens is 1. The molecular formula is C16H18FN. The maximum Gasteiger partial charge on any atom is 0.126 e. The Labute approximate surface area is 107 Å². The molecule has 1 unspecified atom stereocenters. The third-order valence-corrected chi connectivity index (χ3v) is 3.21. The van der Waals surface area contributed by atoms with Crippen LogP contribution in [0.25, 0.3) is 0 Å². The number of rotatable bonds is 4. The Kier molecular flexibility index (Phi) is 4.11. The number of nitrogens with two attached hydrogens (primary N) is 1.